The van der Waals surface area contributed by atoms with Gasteiger partial charge in [-0.2, -0.15) is 0 Å². The first-order valence-electron chi connectivity index (χ1n) is 7.80. The molecule has 110 valence electrons. The largest absolute Gasteiger partial charge is 0.378 e. The van der Waals surface area contributed by atoms with Gasteiger partial charge in [-0.15, -0.1) is 0 Å². The number of hydrogen-bond acceptors (Lipinski definition) is 3. The van der Waals surface area contributed by atoms with E-state index in [0.29, 0.717) is 18.6 Å². The highest BCUT2D eigenvalue weighted by Crippen LogP contribution is 2.25. The number of rotatable bonds is 5. The summed E-state index contributed by atoms with van der Waals surface area (Å²) in [5.41, 5.74) is 0. The third kappa shape index (κ3) is 4.18. The first-order chi connectivity index (χ1) is 9.18. The zero-order chi connectivity index (χ0) is 13.7. The maximum absolute atomic E-state index is 12.7. The van der Waals surface area contributed by atoms with Crippen LogP contribution in [-0.4, -0.2) is 49.2 Å². The molecule has 0 radical (unpaired) electrons. The molecule has 0 aromatic heterocycles. The lowest BCUT2D eigenvalue weighted by molar-refractivity contribution is -0.138. The summed E-state index contributed by atoms with van der Waals surface area (Å²) in [5, 5.41) is 3.29. The molecule has 0 spiro atoms. The van der Waals surface area contributed by atoms with Crippen molar-refractivity contribution < 1.29 is 9.53 Å². The van der Waals surface area contributed by atoms with Crippen LogP contribution < -0.4 is 5.32 Å². The van der Waals surface area contributed by atoms with Crippen LogP contribution >= 0.6 is 0 Å². The summed E-state index contributed by atoms with van der Waals surface area (Å²) in [6.07, 6.45) is 5.99. The Morgan fingerprint density at radius 2 is 2.11 bits per heavy atom. The average molecular weight is 268 g/mol. The monoisotopic (exact) mass is 268 g/mol. The van der Waals surface area contributed by atoms with Gasteiger partial charge in [-0.3, -0.25) is 4.79 Å². The minimum Gasteiger partial charge on any atom is -0.378 e. The Balaban J connectivity index is 1.95. The topological polar surface area (TPSA) is 41.6 Å². The Morgan fingerprint density at radius 3 is 2.68 bits per heavy atom. The van der Waals surface area contributed by atoms with E-state index in [1.165, 1.54) is 25.7 Å². The molecule has 0 aromatic rings. The number of nitrogens with zero attached hydrogens (tertiary/aromatic N) is 1. The molecule has 1 saturated carbocycles. The zero-order valence-electron chi connectivity index (χ0n) is 12.4. The van der Waals surface area contributed by atoms with Crippen molar-refractivity contribution in [3.8, 4) is 0 Å². The first kappa shape index (κ1) is 14.8. The van der Waals surface area contributed by atoms with E-state index in [0.717, 1.165) is 26.1 Å². The number of ether oxygens (including phenoxy) is 1. The Bertz CT molecular complexity index is 282. The number of hydrogen-bond donors (Lipinski definition) is 1. The molecule has 1 heterocycles. The van der Waals surface area contributed by atoms with Crippen LogP contribution in [0, 0.1) is 5.92 Å². The van der Waals surface area contributed by atoms with E-state index in [2.05, 4.69) is 24.1 Å². The van der Waals surface area contributed by atoms with Crippen LogP contribution in [0.3, 0.4) is 0 Å². The van der Waals surface area contributed by atoms with E-state index in [-0.39, 0.29) is 11.9 Å². The van der Waals surface area contributed by atoms with Crippen molar-refractivity contribution in [3.05, 3.63) is 0 Å². The second-order valence-electron chi connectivity index (χ2n) is 6.23. The van der Waals surface area contributed by atoms with Gasteiger partial charge in [0.25, 0.3) is 0 Å². The minimum absolute atomic E-state index is 0.124. The standard InChI is InChI=1S/C15H28N2O2/c1-12(2)7-9-17(13-5-3-4-6-13)15(18)14-11-19-10-8-16-14/h12-14,16H,3-11H2,1-2H3. The van der Waals surface area contributed by atoms with Crippen LogP contribution in [0.25, 0.3) is 0 Å². The minimum atomic E-state index is -0.124. The normalized spacial score (nSPS) is 24.9. The highest BCUT2D eigenvalue weighted by atomic mass is 16.5. The number of amides is 1. The summed E-state index contributed by atoms with van der Waals surface area (Å²) in [6, 6.07) is 0.344. The molecular formula is C15H28N2O2. The predicted molar refractivity (Wildman–Crippen MR) is 76.0 cm³/mol. The van der Waals surface area contributed by atoms with E-state index < -0.39 is 0 Å². The van der Waals surface area contributed by atoms with E-state index in [1.807, 2.05) is 0 Å². The lowest BCUT2D eigenvalue weighted by atomic mass is 10.1. The van der Waals surface area contributed by atoms with E-state index in [4.69, 9.17) is 4.74 Å². The van der Waals surface area contributed by atoms with Crippen LogP contribution in [0.4, 0.5) is 0 Å². The maximum atomic E-state index is 12.7. The lowest BCUT2D eigenvalue weighted by Crippen LogP contribution is -2.55. The third-order valence-corrected chi connectivity index (χ3v) is 4.22. The van der Waals surface area contributed by atoms with Crippen molar-refractivity contribution in [3.63, 3.8) is 0 Å². The second kappa shape index (κ2) is 7.25. The summed E-state index contributed by atoms with van der Waals surface area (Å²) >= 11 is 0. The van der Waals surface area contributed by atoms with Gasteiger partial charge < -0.3 is 15.0 Å². The molecule has 4 heteroatoms. The molecule has 1 unspecified atom stereocenters. The van der Waals surface area contributed by atoms with E-state index in [1.54, 1.807) is 0 Å². The second-order valence-corrected chi connectivity index (χ2v) is 6.23. The van der Waals surface area contributed by atoms with Gasteiger partial charge in [0.1, 0.15) is 6.04 Å². The third-order valence-electron chi connectivity index (χ3n) is 4.22. The summed E-state index contributed by atoms with van der Waals surface area (Å²) in [4.78, 5) is 14.8. The van der Waals surface area contributed by atoms with Gasteiger partial charge in [0.2, 0.25) is 5.91 Å². The Morgan fingerprint density at radius 1 is 1.37 bits per heavy atom. The fraction of sp³-hybridized carbons (Fsp3) is 0.933. The highest BCUT2D eigenvalue weighted by Gasteiger charge is 2.32. The summed E-state index contributed by atoms with van der Waals surface area (Å²) in [5.74, 6) is 0.902. The molecule has 1 aliphatic heterocycles. The average Bonchev–Trinajstić information content (AvgIpc) is 2.93. The van der Waals surface area contributed by atoms with Crippen molar-refractivity contribution >= 4 is 5.91 Å². The molecule has 19 heavy (non-hydrogen) atoms. The zero-order valence-corrected chi connectivity index (χ0v) is 12.4. The predicted octanol–water partition coefficient (Wildman–Crippen LogP) is 1.79. The highest BCUT2D eigenvalue weighted by molar-refractivity contribution is 5.82. The van der Waals surface area contributed by atoms with E-state index in [9.17, 15) is 4.79 Å². The molecule has 1 aliphatic carbocycles. The smallest absolute Gasteiger partial charge is 0.242 e. The molecule has 1 atom stereocenters. The molecule has 2 rings (SSSR count). The van der Waals surface area contributed by atoms with Gasteiger partial charge in [-0.05, 0) is 25.2 Å². The molecule has 4 nitrogen and oxygen atoms in total. The Labute approximate surface area is 116 Å². The van der Waals surface area contributed by atoms with Crippen LogP contribution in [0.2, 0.25) is 0 Å². The van der Waals surface area contributed by atoms with Crippen LogP contribution in [-0.2, 0) is 9.53 Å². The van der Waals surface area contributed by atoms with Gasteiger partial charge >= 0.3 is 0 Å². The molecule has 2 aliphatic rings. The molecule has 1 N–H and O–H groups in total. The van der Waals surface area contributed by atoms with Gasteiger partial charge in [0.15, 0.2) is 0 Å². The van der Waals surface area contributed by atoms with E-state index >= 15 is 0 Å². The Kier molecular flexibility index (Phi) is 5.64. The van der Waals surface area contributed by atoms with Crippen LogP contribution in [0.5, 0.6) is 0 Å². The summed E-state index contributed by atoms with van der Waals surface area (Å²) < 4.78 is 5.43. The van der Waals surface area contributed by atoms with Gasteiger partial charge in [-0.25, -0.2) is 0 Å². The number of carbonyl (C=O) groups is 1. The molecule has 0 bridgehead atoms. The SMILES string of the molecule is CC(C)CCN(C(=O)C1COCCN1)C1CCCC1. The van der Waals surface area contributed by atoms with Crippen LogP contribution in [0.1, 0.15) is 46.0 Å². The van der Waals surface area contributed by atoms with Crippen molar-refractivity contribution in [1.29, 1.82) is 0 Å². The Hall–Kier alpha value is -0.610. The van der Waals surface area contributed by atoms with Gasteiger partial charge in [0.05, 0.1) is 13.2 Å². The molecule has 1 saturated heterocycles. The van der Waals surface area contributed by atoms with Crippen molar-refractivity contribution in [2.45, 2.75) is 58.0 Å². The van der Waals surface area contributed by atoms with Crippen molar-refractivity contribution in [2.75, 3.05) is 26.3 Å². The van der Waals surface area contributed by atoms with Crippen molar-refractivity contribution in [1.82, 2.24) is 10.2 Å². The number of morpholine rings is 1. The number of nitrogens with one attached hydrogen (secondary N) is 1. The molecule has 0 aromatic carbocycles. The lowest BCUT2D eigenvalue weighted by Gasteiger charge is -2.34. The molecular weight excluding hydrogens is 240 g/mol. The van der Waals surface area contributed by atoms with Gasteiger partial charge in [-0.1, -0.05) is 26.7 Å². The summed E-state index contributed by atoms with van der Waals surface area (Å²) in [6.45, 7) is 7.39. The van der Waals surface area contributed by atoms with Crippen LogP contribution in [0.15, 0.2) is 0 Å². The fourth-order valence-corrected chi connectivity index (χ4v) is 3.01. The van der Waals surface area contributed by atoms with Crippen molar-refractivity contribution in [2.24, 2.45) is 5.92 Å². The molecule has 1 amide bonds. The maximum Gasteiger partial charge on any atom is 0.242 e. The van der Waals surface area contributed by atoms with Gasteiger partial charge in [0, 0.05) is 19.1 Å². The molecule has 2 fully saturated rings. The quantitative estimate of drug-likeness (QED) is 0.826. The number of carbonyl (C=O) groups excluding carboxylic acids is 1. The first-order valence-corrected chi connectivity index (χ1v) is 7.80. The summed E-state index contributed by atoms with van der Waals surface area (Å²) in [7, 11) is 0. The fourth-order valence-electron chi connectivity index (χ4n) is 3.01.